The number of carbonyl (C=O) groups is 2. The van der Waals surface area contributed by atoms with E-state index in [0.29, 0.717) is 18.9 Å². The van der Waals surface area contributed by atoms with Gasteiger partial charge in [0.2, 0.25) is 5.91 Å². The van der Waals surface area contributed by atoms with Crippen LogP contribution in [0.5, 0.6) is 5.75 Å². The maximum atomic E-state index is 12.3. The molecule has 0 radical (unpaired) electrons. The number of rotatable bonds is 9. The molecule has 6 nitrogen and oxygen atoms in total. The van der Waals surface area contributed by atoms with Crippen molar-refractivity contribution in [1.82, 2.24) is 9.88 Å². The molecule has 2 rings (SSSR count). The van der Waals surface area contributed by atoms with Gasteiger partial charge in [-0.1, -0.05) is 25.1 Å². The van der Waals surface area contributed by atoms with Crippen molar-refractivity contribution in [3.63, 3.8) is 0 Å². The molecule has 6 heteroatoms. The van der Waals surface area contributed by atoms with Gasteiger partial charge in [0.25, 0.3) is 0 Å². The van der Waals surface area contributed by atoms with Gasteiger partial charge in [-0.25, -0.2) is 0 Å². The first-order valence-electron chi connectivity index (χ1n) is 8.19. The van der Waals surface area contributed by atoms with Gasteiger partial charge in [0.1, 0.15) is 18.9 Å². The highest BCUT2D eigenvalue weighted by Crippen LogP contribution is 2.15. The van der Waals surface area contributed by atoms with E-state index in [2.05, 4.69) is 4.98 Å². The van der Waals surface area contributed by atoms with Crippen LogP contribution in [0.15, 0.2) is 48.7 Å². The minimum Gasteiger partial charge on any atom is -0.487 e. The Bertz CT molecular complexity index is 686. The van der Waals surface area contributed by atoms with Crippen LogP contribution in [0.25, 0.3) is 0 Å². The zero-order valence-electron chi connectivity index (χ0n) is 14.2. The van der Waals surface area contributed by atoms with Gasteiger partial charge in [0, 0.05) is 12.7 Å². The van der Waals surface area contributed by atoms with Crippen molar-refractivity contribution in [2.45, 2.75) is 26.4 Å². The number of benzene rings is 1. The summed E-state index contributed by atoms with van der Waals surface area (Å²) in [4.78, 5) is 28.7. The number of ether oxygens (including phenoxy) is 1. The minimum atomic E-state index is -1.000. The molecule has 0 unspecified atom stereocenters. The second kappa shape index (κ2) is 9.42. The van der Waals surface area contributed by atoms with Crippen LogP contribution >= 0.6 is 0 Å². The molecular weight excluding hydrogens is 320 g/mol. The Morgan fingerprint density at radius 1 is 1.16 bits per heavy atom. The Labute approximate surface area is 147 Å². The van der Waals surface area contributed by atoms with E-state index in [-0.39, 0.29) is 18.9 Å². The van der Waals surface area contributed by atoms with Crippen molar-refractivity contribution in [2.75, 3.05) is 13.1 Å². The number of carbonyl (C=O) groups excluding carboxylic acids is 1. The number of hydrogen-bond acceptors (Lipinski definition) is 4. The van der Waals surface area contributed by atoms with E-state index in [1.807, 2.05) is 37.3 Å². The first-order valence-corrected chi connectivity index (χ1v) is 8.19. The molecule has 2 aromatic rings. The van der Waals surface area contributed by atoms with Gasteiger partial charge < -0.3 is 14.7 Å². The summed E-state index contributed by atoms with van der Waals surface area (Å²) in [5.74, 6) is -0.496. The molecule has 1 amide bonds. The lowest BCUT2D eigenvalue weighted by Gasteiger charge is -2.20. The number of aromatic nitrogens is 1. The van der Waals surface area contributed by atoms with Crippen LogP contribution in [0.2, 0.25) is 0 Å². The summed E-state index contributed by atoms with van der Waals surface area (Å²) < 4.78 is 5.66. The number of amides is 1. The van der Waals surface area contributed by atoms with Crippen LogP contribution in [0, 0.1) is 0 Å². The summed E-state index contributed by atoms with van der Waals surface area (Å²) >= 11 is 0. The fourth-order valence-electron chi connectivity index (χ4n) is 2.36. The summed E-state index contributed by atoms with van der Waals surface area (Å²) in [7, 11) is 0. The molecular formula is C19H22N2O4. The van der Waals surface area contributed by atoms with Gasteiger partial charge in [-0.2, -0.15) is 0 Å². The average Bonchev–Trinajstić information content (AvgIpc) is 2.61. The van der Waals surface area contributed by atoms with Crippen molar-refractivity contribution in [3.05, 3.63) is 59.9 Å². The quantitative estimate of drug-likeness (QED) is 0.757. The molecule has 0 aliphatic carbocycles. The van der Waals surface area contributed by atoms with Crippen LogP contribution in [-0.4, -0.2) is 40.0 Å². The second-order valence-electron chi connectivity index (χ2n) is 5.64. The van der Waals surface area contributed by atoms with Crippen LogP contribution < -0.4 is 4.74 Å². The molecule has 1 aromatic carbocycles. The van der Waals surface area contributed by atoms with E-state index in [4.69, 9.17) is 9.84 Å². The molecule has 0 aliphatic rings. The Hall–Kier alpha value is -2.89. The van der Waals surface area contributed by atoms with Crippen molar-refractivity contribution in [2.24, 2.45) is 0 Å². The van der Waals surface area contributed by atoms with E-state index in [0.717, 1.165) is 17.7 Å². The lowest BCUT2D eigenvalue weighted by atomic mass is 10.1. The highest BCUT2D eigenvalue weighted by Gasteiger charge is 2.16. The standard InChI is InChI=1S/C19H22N2O4/c1-2-11-21(13-19(23)24)18(22)12-15-6-8-17(9-7-15)25-14-16-5-3-4-10-20-16/h3-10H,2,11-14H2,1H3,(H,23,24). The highest BCUT2D eigenvalue weighted by molar-refractivity contribution is 5.83. The summed E-state index contributed by atoms with van der Waals surface area (Å²) in [6.07, 6.45) is 2.61. The lowest BCUT2D eigenvalue weighted by Crippen LogP contribution is -2.37. The normalized spacial score (nSPS) is 10.3. The molecule has 0 bridgehead atoms. The Morgan fingerprint density at radius 3 is 2.52 bits per heavy atom. The van der Waals surface area contributed by atoms with E-state index in [9.17, 15) is 9.59 Å². The molecule has 0 saturated carbocycles. The third-order valence-corrected chi connectivity index (χ3v) is 3.56. The van der Waals surface area contributed by atoms with Crippen molar-refractivity contribution in [1.29, 1.82) is 0 Å². The van der Waals surface area contributed by atoms with Gasteiger partial charge in [0.15, 0.2) is 0 Å². The SMILES string of the molecule is CCCN(CC(=O)O)C(=O)Cc1ccc(OCc2ccccn2)cc1. The van der Waals surface area contributed by atoms with Crippen LogP contribution in [0.1, 0.15) is 24.6 Å². The Morgan fingerprint density at radius 2 is 1.92 bits per heavy atom. The fourth-order valence-corrected chi connectivity index (χ4v) is 2.36. The molecule has 1 aromatic heterocycles. The topological polar surface area (TPSA) is 79.7 Å². The molecule has 25 heavy (non-hydrogen) atoms. The number of nitrogens with zero attached hydrogens (tertiary/aromatic N) is 2. The molecule has 0 atom stereocenters. The lowest BCUT2D eigenvalue weighted by molar-refractivity contribution is -0.144. The molecule has 0 fully saturated rings. The van der Waals surface area contributed by atoms with Gasteiger partial charge in [-0.05, 0) is 36.2 Å². The van der Waals surface area contributed by atoms with Crippen molar-refractivity contribution >= 4 is 11.9 Å². The van der Waals surface area contributed by atoms with E-state index >= 15 is 0 Å². The third-order valence-electron chi connectivity index (χ3n) is 3.56. The number of carboxylic acid groups (broad SMARTS) is 1. The molecule has 132 valence electrons. The van der Waals surface area contributed by atoms with Crippen LogP contribution in [0.3, 0.4) is 0 Å². The second-order valence-corrected chi connectivity index (χ2v) is 5.64. The first-order chi connectivity index (χ1) is 12.1. The maximum absolute atomic E-state index is 12.3. The van der Waals surface area contributed by atoms with Crippen LogP contribution in [0.4, 0.5) is 0 Å². The zero-order valence-corrected chi connectivity index (χ0v) is 14.2. The van der Waals surface area contributed by atoms with E-state index in [1.165, 1.54) is 4.90 Å². The molecule has 1 N–H and O–H groups in total. The van der Waals surface area contributed by atoms with Gasteiger partial charge in [0.05, 0.1) is 12.1 Å². The molecule has 1 heterocycles. The Balaban J connectivity index is 1.90. The largest absolute Gasteiger partial charge is 0.487 e. The summed E-state index contributed by atoms with van der Waals surface area (Å²) in [6, 6.07) is 12.9. The minimum absolute atomic E-state index is 0.174. The van der Waals surface area contributed by atoms with Gasteiger partial charge in [-0.15, -0.1) is 0 Å². The number of carboxylic acids is 1. The van der Waals surface area contributed by atoms with E-state index < -0.39 is 5.97 Å². The Kier molecular flexibility index (Phi) is 6.95. The number of pyridine rings is 1. The highest BCUT2D eigenvalue weighted by atomic mass is 16.5. The molecule has 0 spiro atoms. The smallest absolute Gasteiger partial charge is 0.323 e. The van der Waals surface area contributed by atoms with Gasteiger partial charge in [-0.3, -0.25) is 14.6 Å². The molecule has 0 saturated heterocycles. The maximum Gasteiger partial charge on any atom is 0.323 e. The average molecular weight is 342 g/mol. The zero-order chi connectivity index (χ0) is 18.1. The predicted molar refractivity (Wildman–Crippen MR) is 93.2 cm³/mol. The van der Waals surface area contributed by atoms with Gasteiger partial charge >= 0.3 is 5.97 Å². The van der Waals surface area contributed by atoms with Crippen LogP contribution in [-0.2, 0) is 22.6 Å². The summed E-state index contributed by atoms with van der Waals surface area (Å²) in [5.41, 5.74) is 1.66. The van der Waals surface area contributed by atoms with Crippen molar-refractivity contribution in [3.8, 4) is 5.75 Å². The van der Waals surface area contributed by atoms with Crippen molar-refractivity contribution < 1.29 is 19.4 Å². The predicted octanol–water partition coefficient (Wildman–Crippen LogP) is 2.53. The number of aliphatic carboxylic acids is 1. The summed E-state index contributed by atoms with van der Waals surface area (Å²) in [6.45, 7) is 2.46. The third kappa shape index (κ3) is 6.25. The van der Waals surface area contributed by atoms with E-state index in [1.54, 1.807) is 18.3 Å². The monoisotopic (exact) mass is 342 g/mol. The number of hydrogen-bond donors (Lipinski definition) is 1. The fraction of sp³-hybridized carbons (Fsp3) is 0.316. The summed E-state index contributed by atoms with van der Waals surface area (Å²) in [5, 5.41) is 8.90. The first kappa shape index (κ1) is 18.4. The molecule has 0 aliphatic heterocycles.